The van der Waals surface area contributed by atoms with Crippen LogP contribution in [0.15, 0.2) is 42.5 Å². The smallest absolute Gasteiger partial charge is 0.408 e. The van der Waals surface area contributed by atoms with Crippen molar-refractivity contribution in [3.05, 3.63) is 59.7 Å². The molecule has 3 heterocycles. The van der Waals surface area contributed by atoms with Crippen LogP contribution in [0.3, 0.4) is 0 Å². The maximum atomic E-state index is 14.7. The van der Waals surface area contributed by atoms with Crippen LogP contribution in [0.5, 0.6) is 0 Å². The molecule has 29 heavy (non-hydrogen) atoms. The van der Waals surface area contributed by atoms with Crippen molar-refractivity contribution in [3.63, 3.8) is 0 Å². The first-order chi connectivity index (χ1) is 13.8. The van der Waals surface area contributed by atoms with Gasteiger partial charge in [-0.1, -0.05) is 24.3 Å². The van der Waals surface area contributed by atoms with Crippen LogP contribution in [0.1, 0.15) is 32.3 Å². The van der Waals surface area contributed by atoms with Gasteiger partial charge >= 0.3 is 6.09 Å². The van der Waals surface area contributed by atoms with E-state index in [9.17, 15) is 13.6 Å². The van der Waals surface area contributed by atoms with Gasteiger partial charge in [-0.15, -0.1) is 0 Å². The minimum absolute atomic E-state index is 0.0779. The quantitative estimate of drug-likeness (QED) is 0.810. The van der Waals surface area contributed by atoms with Crippen LogP contribution < -0.4 is 5.32 Å². The number of benzene rings is 2. The molecule has 5 rings (SSSR count). The number of alkyl carbamates (subject to hydrolysis) is 1. The molecule has 1 amide bonds. The van der Waals surface area contributed by atoms with Gasteiger partial charge < -0.3 is 10.1 Å². The molecule has 0 radical (unpaired) electrons. The normalized spacial score (nSPS) is 23.7. The third-order valence-electron chi connectivity index (χ3n) is 6.12. The SMILES string of the molecule is CC(C)(NC(=O)OC1CN2CCC1CC2)c1ccc(-c2ccc(F)cc2)c(F)c1. The highest BCUT2D eigenvalue weighted by atomic mass is 19.1. The van der Waals surface area contributed by atoms with Gasteiger partial charge in [0.2, 0.25) is 0 Å². The molecule has 4 nitrogen and oxygen atoms in total. The Morgan fingerprint density at radius 2 is 1.79 bits per heavy atom. The van der Waals surface area contributed by atoms with Crippen molar-refractivity contribution in [1.29, 1.82) is 0 Å². The van der Waals surface area contributed by atoms with Gasteiger partial charge in [-0.3, -0.25) is 4.90 Å². The Morgan fingerprint density at radius 1 is 1.10 bits per heavy atom. The van der Waals surface area contributed by atoms with Crippen molar-refractivity contribution in [2.75, 3.05) is 19.6 Å². The van der Waals surface area contributed by atoms with E-state index in [4.69, 9.17) is 4.74 Å². The van der Waals surface area contributed by atoms with E-state index in [1.807, 2.05) is 13.8 Å². The third-order valence-corrected chi connectivity index (χ3v) is 6.12. The number of carbonyl (C=O) groups excluding carboxylic acids is 1. The molecule has 154 valence electrons. The molecule has 0 aliphatic carbocycles. The van der Waals surface area contributed by atoms with Crippen LogP contribution in [-0.2, 0) is 10.3 Å². The summed E-state index contributed by atoms with van der Waals surface area (Å²) in [6.07, 6.45) is 1.58. The Hall–Kier alpha value is -2.47. The van der Waals surface area contributed by atoms with Gasteiger partial charge in [-0.05, 0) is 75.0 Å². The molecule has 2 aromatic carbocycles. The van der Waals surface area contributed by atoms with Crippen molar-refractivity contribution in [1.82, 2.24) is 10.2 Å². The van der Waals surface area contributed by atoms with E-state index in [-0.39, 0.29) is 11.9 Å². The summed E-state index contributed by atoms with van der Waals surface area (Å²) < 4.78 is 33.5. The Labute approximate surface area is 169 Å². The van der Waals surface area contributed by atoms with Gasteiger partial charge in [-0.25, -0.2) is 13.6 Å². The average molecular weight is 400 g/mol. The summed E-state index contributed by atoms with van der Waals surface area (Å²) >= 11 is 0. The molecule has 1 unspecified atom stereocenters. The maximum Gasteiger partial charge on any atom is 0.408 e. The van der Waals surface area contributed by atoms with Crippen LogP contribution >= 0.6 is 0 Å². The number of fused-ring (bicyclic) bond motifs is 3. The lowest BCUT2D eigenvalue weighted by atomic mass is 9.86. The fourth-order valence-corrected chi connectivity index (χ4v) is 4.31. The predicted octanol–water partition coefficient (Wildman–Crippen LogP) is 4.69. The zero-order valence-corrected chi connectivity index (χ0v) is 16.8. The Bertz CT molecular complexity index is 890. The molecule has 0 spiro atoms. The number of nitrogens with one attached hydrogen (secondary N) is 1. The van der Waals surface area contributed by atoms with Crippen molar-refractivity contribution in [2.24, 2.45) is 5.92 Å². The molecule has 3 fully saturated rings. The minimum atomic E-state index is -0.798. The van der Waals surface area contributed by atoms with Crippen LogP contribution in [0.25, 0.3) is 11.1 Å². The Kier molecular flexibility index (Phi) is 5.30. The van der Waals surface area contributed by atoms with E-state index >= 15 is 0 Å². The second-order valence-electron chi connectivity index (χ2n) is 8.53. The maximum absolute atomic E-state index is 14.7. The van der Waals surface area contributed by atoms with Crippen LogP contribution in [0, 0.1) is 17.6 Å². The number of nitrogens with zero attached hydrogens (tertiary/aromatic N) is 1. The number of halogens is 2. The van der Waals surface area contributed by atoms with E-state index in [2.05, 4.69) is 10.2 Å². The second-order valence-corrected chi connectivity index (χ2v) is 8.53. The summed E-state index contributed by atoms with van der Waals surface area (Å²) in [6.45, 7) is 6.59. The van der Waals surface area contributed by atoms with Crippen molar-refractivity contribution in [3.8, 4) is 11.1 Å². The summed E-state index contributed by atoms with van der Waals surface area (Å²) in [5.41, 5.74) is 0.821. The number of piperidine rings is 3. The second kappa shape index (κ2) is 7.75. The Morgan fingerprint density at radius 3 is 2.38 bits per heavy atom. The molecule has 3 aliphatic rings. The zero-order chi connectivity index (χ0) is 20.6. The van der Waals surface area contributed by atoms with Crippen molar-refractivity contribution < 1.29 is 18.3 Å². The average Bonchev–Trinajstić information content (AvgIpc) is 2.69. The summed E-state index contributed by atoms with van der Waals surface area (Å²) in [4.78, 5) is 14.8. The molecule has 2 aromatic rings. The van der Waals surface area contributed by atoms with E-state index in [1.165, 1.54) is 18.2 Å². The van der Waals surface area contributed by atoms with Gasteiger partial charge in [0, 0.05) is 12.1 Å². The monoisotopic (exact) mass is 400 g/mol. The largest absolute Gasteiger partial charge is 0.445 e. The lowest BCUT2D eigenvalue weighted by Gasteiger charge is -2.44. The van der Waals surface area contributed by atoms with Gasteiger partial charge in [0.1, 0.15) is 17.7 Å². The van der Waals surface area contributed by atoms with Crippen molar-refractivity contribution in [2.45, 2.75) is 38.3 Å². The lowest BCUT2D eigenvalue weighted by Crippen LogP contribution is -2.53. The lowest BCUT2D eigenvalue weighted by molar-refractivity contribution is -0.0349. The summed E-state index contributed by atoms with van der Waals surface area (Å²) in [7, 11) is 0. The predicted molar refractivity (Wildman–Crippen MR) is 107 cm³/mol. The summed E-state index contributed by atoms with van der Waals surface area (Å²) in [5.74, 6) is -0.353. The molecule has 3 saturated heterocycles. The molecule has 6 heteroatoms. The molecular formula is C23H26F2N2O2. The third kappa shape index (κ3) is 4.27. The first kappa shape index (κ1) is 19.8. The van der Waals surface area contributed by atoms with Gasteiger partial charge in [-0.2, -0.15) is 0 Å². The van der Waals surface area contributed by atoms with Crippen LogP contribution in [0.4, 0.5) is 13.6 Å². The van der Waals surface area contributed by atoms with E-state index in [1.54, 1.807) is 24.3 Å². The van der Waals surface area contributed by atoms with Gasteiger partial charge in [0.25, 0.3) is 0 Å². The fourth-order valence-electron chi connectivity index (χ4n) is 4.31. The minimum Gasteiger partial charge on any atom is -0.445 e. The number of ether oxygens (including phenoxy) is 1. The number of rotatable bonds is 4. The summed E-state index contributed by atoms with van der Waals surface area (Å²) in [5, 5.41) is 2.88. The molecule has 0 saturated carbocycles. The molecule has 1 N–H and O–H groups in total. The van der Waals surface area contributed by atoms with E-state index < -0.39 is 17.4 Å². The molecular weight excluding hydrogens is 374 g/mol. The number of hydrogen-bond acceptors (Lipinski definition) is 3. The van der Waals surface area contributed by atoms with Gasteiger partial charge in [0.05, 0.1) is 5.54 Å². The highest BCUT2D eigenvalue weighted by Crippen LogP contribution is 2.31. The molecule has 3 aliphatic heterocycles. The van der Waals surface area contributed by atoms with E-state index in [0.29, 0.717) is 22.6 Å². The molecule has 2 bridgehead atoms. The highest BCUT2D eigenvalue weighted by Gasteiger charge is 2.37. The van der Waals surface area contributed by atoms with Crippen LogP contribution in [0.2, 0.25) is 0 Å². The number of amides is 1. The zero-order valence-electron chi connectivity index (χ0n) is 16.8. The van der Waals surface area contributed by atoms with Gasteiger partial charge in [0.15, 0.2) is 0 Å². The summed E-state index contributed by atoms with van der Waals surface area (Å²) in [6, 6.07) is 10.5. The van der Waals surface area contributed by atoms with E-state index in [0.717, 1.165) is 32.5 Å². The van der Waals surface area contributed by atoms with Crippen LogP contribution in [-0.4, -0.2) is 36.7 Å². The topological polar surface area (TPSA) is 41.6 Å². The standard InChI is InChI=1S/C23H26F2N2O2/c1-23(2,26-22(28)29-21-14-27-11-9-16(21)10-12-27)17-5-8-19(20(25)13-17)15-3-6-18(24)7-4-15/h3-8,13,16,21H,9-12,14H2,1-2H3,(H,26,28). The first-order valence-electron chi connectivity index (χ1n) is 10.1. The Balaban J connectivity index is 1.44. The first-order valence-corrected chi connectivity index (χ1v) is 10.1. The highest BCUT2D eigenvalue weighted by molar-refractivity contribution is 5.69. The number of carbonyl (C=O) groups is 1. The van der Waals surface area contributed by atoms with Crippen molar-refractivity contribution >= 4 is 6.09 Å². The molecule has 1 atom stereocenters. The molecule has 0 aromatic heterocycles. The number of hydrogen-bond donors (Lipinski definition) is 1. The fraction of sp³-hybridized carbons (Fsp3) is 0.435.